The molecule has 11 heteroatoms. The second-order valence-corrected chi connectivity index (χ2v) is 10.6. The second kappa shape index (κ2) is 11.8. The summed E-state index contributed by atoms with van der Waals surface area (Å²) in [5.74, 6) is -0.439. The lowest BCUT2D eigenvalue weighted by molar-refractivity contribution is 0.127. The molecule has 4 unspecified atom stereocenters. The molecule has 212 valence electrons. The number of hydrogen-bond donors (Lipinski definition) is 3. The van der Waals surface area contributed by atoms with Crippen molar-refractivity contribution in [1.29, 1.82) is 0 Å². The number of rotatable bonds is 9. The molecule has 9 nitrogen and oxygen atoms in total. The summed E-state index contributed by atoms with van der Waals surface area (Å²) in [6, 6.07) is 7.75. The van der Waals surface area contributed by atoms with Crippen molar-refractivity contribution in [1.82, 2.24) is 24.9 Å². The normalized spacial score (nSPS) is 21.2. The van der Waals surface area contributed by atoms with Crippen LogP contribution in [0.3, 0.4) is 0 Å². The first-order chi connectivity index (χ1) is 19.2. The van der Waals surface area contributed by atoms with Gasteiger partial charge in [-0.15, -0.1) is 0 Å². The third kappa shape index (κ3) is 5.77. The van der Waals surface area contributed by atoms with E-state index in [1.54, 1.807) is 51.7 Å². The highest BCUT2D eigenvalue weighted by Gasteiger charge is 2.35. The van der Waals surface area contributed by atoms with Gasteiger partial charge in [-0.25, -0.2) is 13.8 Å². The smallest absolute Gasteiger partial charge is 0.229 e. The zero-order chi connectivity index (χ0) is 28.4. The minimum Gasteiger partial charge on any atom is -0.491 e. The van der Waals surface area contributed by atoms with Crippen LogP contribution in [0, 0.1) is 17.6 Å². The number of fused-ring (bicyclic) bond motifs is 1. The van der Waals surface area contributed by atoms with Crippen LogP contribution >= 0.6 is 0 Å². The maximum atomic E-state index is 15.0. The van der Waals surface area contributed by atoms with Gasteiger partial charge >= 0.3 is 0 Å². The van der Waals surface area contributed by atoms with Crippen molar-refractivity contribution in [3.8, 4) is 17.0 Å². The van der Waals surface area contributed by atoms with Gasteiger partial charge in [-0.1, -0.05) is 6.92 Å². The minimum absolute atomic E-state index is 0.0384. The molecule has 4 N–H and O–H groups in total. The van der Waals surface area contributed by atoms with Gasteiger partial charge in [0, 0.05) is 37.5 Å². The summed E-state index contributed by atoms with van der Waals surface area (Å²) in [6.45, 7) is 6.24. The van der Waals surface area contributed by atoms with Crippen LogP contribution in [0.5, 0.6) is 5.75 Å². The Balaban J connectivity index is 1.43. The molecule has 3 aromatic heterocycles. The summed E-state index contributed by atoms with van der Waals surface area (Å²) in [4.78, 5) is 8.80. The average Bonchev–Trinajstić information content (AvgIpc) is 3.29. The number of imidazole rings is 1. The molecule has 40 heavy (non-hydrogen) atoms. The van der Waals surface area contributed by atoms with Gasteiger partial charge in [0.15, 0.2) is 0 Å². The monoisotopic (exact) mass is 551 g/mol. The van der Waals surface area contributed by atoms with Crippen molar-refractivity contribution < 1.29 is 18.3 Å². The number of methoxy groups -OCH3 is 1. The number of aromatic nitrogens is 4. The molecule has 1 saturated carbocycles. The molecule has 0 radical (unpaired) electrons. The van der Waals surface area contributed by atoms with Crippen molar-refractivity contribution in [2.75, 3.05) is 19.2 Å². The number of nitrogens with zero attached hydrogens (tertiary/aromatic N) is 4. The number of pyridine rings is 1. The van der Waals surface area contributed by atoms with E-state index in [-0.39, 0.29) is 41.1 Å². The summed E-state index contributed by atoms with van der Waals surface area (Å²) in [6.07, 6.45) is 6.68. The summed E-state index contributed by atoms with van der Waals surface area (Å²) < 4.78 is 42.2. The molecule has 1 fully saturated rings. The van der Waals surface area contributed by atoms with Crippen molar-refractivity contribution in [2.24, 2.45) is 11.7 Å². The van der Waals surface area contributed by atoms with E-state index in [0.717, 1.165) is 24.1 Å². The Morgan fingerprint density at radius 3 is 2.60 bits per heavy atom. The highest BCUT2D eigenvalue weighted by Crippen LogP contribution is 2.39. The topological polar surface area (TPSA) is 112 Å². The highest BCUT2D eigenvalue weighted by atomic mass is 19.1. The van der Waals surface area contributed by atoms with Gasteiger partial charge in [0.25, 0.3) is 0 Å². The van der Waals surface area contributed by atoms with Crippen LogP contribution in [0.25, 0.3) is 16.8 Å². The van der Waals surface area contributed by atoms with Crippen LogP contribution in [0.1, 0.15) is 45.1 Å². The number of benzene rings is 1. The third-order valence-electron chi connectivity index (χ3n) is 7.32. The first-order valence-corrected chi connectivity index (χ1v) is 13.4. The van der Waals surface area contributed by atoms with E-state index in [4.69, 9.17) is 15.2 Å². The standard InChI is InChI=1S/C29H35F2N7O2/c1-16(2)40-20-11-22(30)27(23(31)12-20)25-6-5-19-13-34-29(38(19)37-25)36-26-14-33-8-7-21(26)18-9-17(3)28(24(32)10-18)35-15-39-4/h5-8,11-14,16-18,24,28,35H,9-10,15,32H2,1-4H3,(H,34,36). The van der Waals surface area contributed by atoms with Crippen molar-refractivity contribution in [3.05, 3.63) is 66.1 Å². The molecule has 0 bridgehead atoms. The van der Waals surface area contributed by atoms with Gasteiger partial charge in [0.2, 0.25) is 5.95 Å². The molecule has 1 aromatic carbocycles. The fraction of sp³-hybridized carbons (Fsp3) is 0.414. The first kappa shape index (κ1) is 27.9. The molecule has 4 aromatic rings. The van der Waals surface area contributed by atoms with Gasteiger partial charge in [-0.2, -0.15) is 9.61 Å². The summed E-state index contributed by atoms with van der Waals surface area (Å²) >= 11 is 0. The van der Waals surface area contributed by atoms with Crippen LogP contribution in [-0.4, -0.2) is 51.6 Å². The molecule has 5 rings (SSSR count). The van der Waals surface area contributed by atoms with Crippen LogP contribution in [0.4, 0.5) is 20.4 Å². The minimum atomic E-state index is -0.757. The van der Waals surface area contributed by atoms with Gasteiger partial charge in [0.1, 0.15) is 17.4 Å². The molecular formula is C29H35F2N7O2. The van der Waals surface area contributed by atoms with Gasteiger partial charge < -0.3 is 20.5 Å². The maximum absolute atomic E-state index is 15.0. The average molecular weight is 552 g/mol. The maximum Gasteiger partial charge on any atom is 0.229 e. The zero-order valence-corrected chi connectivity index (χ0v) is 23.1. The number of anilines is 2. The number of nitrogens with two attached hydrogens (primary N) is 1. The molecular weight excluding hydrogens is 516 g/mol. The zero-order valence-electron chi connectivity index (χ0n) is 23.1. The van der Waals surface area contributed by atoms with E-state index in [1.807, 2.05) is 6.07 Å². The first-order valence-electron chi connectivity index (χ1n) is 13.4. The van der Waals surface area contributed by atoms with Crippen molar-refractivity contribution in [3.63, 3.8) is 0 Å². The van der Waals surface area contributed by atoms with E-state index in [0.29, 0.717) is 24.1 Å². The predicted octanol–water partition coefficient (Wildman–Crippen LogP) is 5.00. The number of halogens is 2. The molecule has 0 saturated heterocycles. The molecule has 3 heterocycles. The van der Waals surface area contributed by atoms with Crippen LogP contribution < -0.4 is 21.1 Å². The number of ether oxygens (including phenoxy) is 2. The summed E-state index contributed by atoms with van der Waals surface area (Å²) in [5, 5.41) is 11.3. The SMILES string of the molecule is COCNC1C(C)CC(c2ccncc2Nc2ncc3ccc(-c4c(F)cc(OC(C)C)cc4F)nn23)CC1N. The fourth-order valence-electron chi connectivity index (χ4n) is 5.60. The quantitative estimate of drug-likeness (QED) is 0.249. The Hall–Kier alpha value is -3.67. The van der Waals surface area contributed by atoms with Crippen LogP contribution in [0.15, 0.2) is 48.9 Å². The number of nitrogens with one attached hydrogen (secondary N) is 2. The van der Waals surface area contributed by atoms with Crippen LogP contribution in [0.2, 0.25) is 0 Å². The lowest BCUT2D eigenvalue weighted by Gasteiger charge is -2.40. The van der Waals surface area contributed by atoms with Gasteiger partial charge in [-0.05, 0) is 62.3 Å². The summed E-state index contributed by atoms with van der Waals surface area (Å²) in [5.41, 5.74) is 9.00. The van der Waals surface area contributed by atoms with Crippen LogP contribution in [-0.2, 0) is 4.74 Å². The molecule has 4 atom stereocenters. The third-order valence-corrected chi connectivity index (χ3v) is 7.32. The molecule has 1 aliphatic carbocycles. The van der Waals surface area contributed by atoms with Gasteiger partial charge in [-0.3, -0.25) is 10.3 Å². The van der Waals surface area contributed by atoms with E-state index >= 15 is 8.78 Å². The second-order valence-electron chi connectivity index (χ2n) is 10.6. The van der Waals surface area contributed by atoms with E-state index in [9.17, 15) is 0 Å². The molecule has 1 aliphatic rings. The Morgan fingerprint density at radius 2 is 1.90 bits per heavy atom. The largest absolute Gasteiger partial charge is 0.491 e. The summed E-state index contributed by atoms with van der Waals surface area (Å²) in [7, 11) is 1.66. The Bertz CT molecular complexity index is 1440. The lowest BCUT2D eigenvalue weighted by atomic mass is 9.73. The molecule has 0 aliphatic heterocycles. The van der Waals surface area contributed by atoms with E-state index < -0.39 is 11.6 Å². The number of hydrogen-bond acceptors (Lipinski definition) is 8. The lowest BCUT2D eigenvalue weighted by Crippen LogP contribution is -2.53. The predicted molar refractivity (Wildman–Crippen MR) is 150 cm³/mol. The van der Waals surface area contributed by atoms with Crippen molar-refractivity contribution >= 4 is 17.2 Å². The Morgan fingerprint density at radius 1 is 1.12 bits per heavy atom. The molecule has 0 spiro atoms. The fourth-order valence-corrected chi connectivity index (χ4v) is 5.60. The molecule has 0 amide bonds. The Labute approximate surface area is 232 Å². The van der Waals surface area contributed by atoms with E-state index in [2.05, 4.69) is 32.6 Å². The van der Waals surface area contributed by atoms with Crippen molar-refractivity contribution in [2.45, 2.75) is 57.7 Å². The Kier molecular flexibility index (Phi) is 8.24. The van der Waals surface area contributed by atoms with Gasteiger partial charge in [0.05, 0.1) is 47.7 Å². The highest BCUT2D eigenvalue weighted by molar-refractivity contribution is 5.66. The van der Waals surface area contributed by atoms with E-state index in [1.165, 1.54) is 16.6 Å².